The van der Waals surface area contributed by atoms with Crippen molar-refractivity contribution in [2.75, 3.05) is 13.1 Å². The predicted octanol–water partition coefficient (Wildman–Crippen LogP) is 8.65. The molecule has 2 aliphatic heterocycles. The summed E-state index contributed by atoms with van der Waals surface area (Å²) in [6.45, 7) is 11.9. The topological polar surface area (TPSA) is 67.2 Å². The molecule has 2 fully saturated rings. The van der Waals surface area contributed by atoms with Crippen molar-refractivity contribution in [2.24, 2.45) is 0 Å². The van der Waals surface area contributed by atoms with Crippen molar-refractivity contribution >= 4 is 0 Å². The fraction of sp³-hybridized carbons (Fsp3) is 0.326. The average molecular weight is 813 g/mol. The summed E-state index contributed by atoms with van der Waals surface area (Å²) in [5.41, 5.74) is 5.06. The van der Waals surface area contributed by atoms with Gasteiger partial charge in [-0.15, -0.1) is 0 Å². The second kappa shape index (κ2) is 19.0. The van der Waals surface area contributed by atoms with Crippen LogP contribution < -0.4 is 0 Å². The SMILES string of the molecule is Cc1cc(C)c(CN2CCCC2C(O)(c2ccccc2)c2ccccc2)c(O)c1CN1CCCC1C(O)(c1ccccc1)c1ccccc1.[CH2-]C.[Zn].[Zn]. The van der Waals surface area contributed by atoms with Crippen molar-refractivity contribution in [1.82, 2.24) is 9.80 Å². The first-order valence-corrected chi connectivity index (χ1v) is 18.5. The number of aromatic hydroxyl groups is 1. The summed E-state index contributed by atoms with van der Waals surface area (Å²) < 4.78 is 0. The van der Waals surface area contributed by atoms with Crippen molar-refractivity contribution in [3.05, 3.63) is 179 Å². The van der Waals surface area contributed by atoms with E-state index in [9.17, 15) is 15.3 Å². The number of phenolic OH excluding ortho intramolecular Hbond substituents is 1. The Balaban J connectivity index is 0.00000154. The molecule has 3 N–H and O–H groups in total. The van der Waals surface area contributed by atoms with E-state index in [1.165, 1.54) is 0 Å². The maximum absolute atomic E-state index is 12.7. The Morgan fingerprint density at radius 2 is 0.830 bits per heavy atom. The van der Waals surface area contributed by atoms with Crippen LogP contribution in [0.1, 0.15) is 77.1 Å². The van der Waals surface area contributed by atoms with E-state index in [-0.39, 0.29) is 51.0 Å². The minimum atomic E-state index is -1.20. The van der Waals surface area contributed by atoms with Crippen molar-refractivity contribution < 1.29 is 54.3 Å². The fourth-order valence-corrected chi connectivity index (χ4v) is 8.71. The summed E-state index contributed by atoms with van der Waals surface area (Å²) in [4.78, 5) is 4.73. The number of hydrogen-bond acceptors (Lipinski definition) is 5. The van der Waals surface area contributed by atoms with Gasteiger partial charge < -0.3 is 22.2 Å². The molecule has 0 aromatic heterocycles. The Morgan fingerprint density at radius 1 is 0.547 bits per heavy atom. The van der Waals surface area contributed by atoms with E-state index in [4.69, 9.17) is 0 Å². The van der Waals surface area contributed by atoms with E-state index < -0.39 is 11.2 Å². The zero-order chi connectivity index (χ0) is 36.0. The maximum atomic E-state index is 12.7. The molecule has 0 saturated carbocycles. The number of aliphatic hydroxyl groups is 2. The van der Waals surface area contributed by atoms with Gasteiger partial charge in [-0.2, -0.15) is 6.92 Å². The van der Waals surface area contributed by atoms with Crippen LogP contribution in [0.25, 0.3) is 0 Å². The van der Waals surface area contributed by atoms with Crippen LogP contribution in [0.15, 0.2) is 127 Å². The molecule has 2 aliphatic rings. The molecule has 2 heterocycles. The zero-order valence-electron chi connectivity index (χ0n) is 31.8. The van der Waals surface area contributed by atoms with Gasteiger partial charge in [-0.3, -0.25) is 9.80 Å². The molecule has 5 aromatic carbocycles. The van der Waals surface area contributed by atoms with Gasteiger partial charge in [-0.1, -0.05) is 127 Å². The molecular weight excluding hydrogens is 759 g/mol. The van der Waals surface area contributed by atoms with Gasteiger partial charge in [-0.25, -0.2) is 0 Å². The van der Waals surface area contributed by atoms with Crippen LogP contribution in [0.4, 0.5) is 0 Å². The summed E-state index contributed by atoms with van der Waals surface area (Å²) in [6, 6.07) is 42.0. The standard InChI is InChI=1S/C44H48N2O3.C2H5.2Zn/c1-32-29-33(2)39(31-46-28-16-26-41(46)44(49,36-21-11-5-12-22-36)37-23-13-6-14-24-37)42(47)38(32)30-45-27-15-25-40(45)43(48,34-17-7-3-8-18-34)35-19-9-4-10-20-35;1-2;;/h3-14,17-24,29,40-41,47-49H,15-16,25-28,30-31H2,1-2H3;1H2,2H3;;/q;-1;;. The van der Waals surface area contributed by atoms with Gasteiger partial charge in [0, 0.05) is 75.3 Å². The summed E-state index contributed by atoms with van der Waals surface area (Å²) in [6.07, 6.45) is 3.65. The molecule has 0 amide bonds. The third-order valence-corrected chi connectivity index (χ3v) is 11.2. The van der Waals surface area contributed by atoms with Crippen LogP contribution in [-0.2, 0) is 63.2 Å². The van der Waals surface area contributed by atoms with E-state index in [0.717, 1.165) is 83.3 Å². The van der Waals surface area contributed by atoms with Crippen LogP contribution in [0.3, 0.4) is 0 Å². The van der Waals surface area contributed by atoms with Gasteiger partial charge >= 0.3 is 0 Å². The number of phenols is 1. The molecule has 2 unspecified atom stereocenters. The molecule has 0 bridgehead atoms. The normalized spacial score (nSPS) is 17.7. The van der Waals surface area contributed by atoms with Crippen molar-refractivity contribution in [3.63, 3.8) is 0 Å². The maximum Gasteiger partial charge on any atom is 0.130 e. The van der Waals surface area contributed by atoms with E-state index in [0.29, 0.717) is 18.8 Å². The van der Waals surface area contributed by atoms with Gasteiger partial charge in [0.25, 0.3) is 0 Å². The molecule has 2 saturated heterocycles. The minimum absolute atomic E-state index is 0. The van der Waals surface area contributed by atoms with Crippen LogP contribution in [0, 0.1) is 20.8 Å². The largest absolute Gasteiger partial charge is 0.507 e. The second-order valence-corrected chi connectivity index (χ2v) is 14.1. The molecule has 0 spiro atoms. The Labute approximate surface area is 342 Å². The first kappa shape index (κ1) is 42.7. The van der Waals surface area contributed by atoms with Gasteiger partial charge in [0.05, 0.1) is 0 Å². The minimum Gasteiger partial charge on any atom is -0.507 e. The summed E-state index contributed by atoms with van der Waals surface area (Å²) >= 11 is 0. The Hall–Kier alpha value is -3.01. The molecule has 53 heavy (non-hydrogen) atoms. The first-order chi connectivity index (χ1) is 24.8. The van der Waals surface area contributed by atoms with Gasteiger partial charge in [0.2, 0.25) is 0 Å². The first-order valence-electron chi connectivity index (χ1n) is 18.5. The third-order valence-electron chi connectivity index (χ3n) is 11.2. The Bertz CT molecular complexity index is 1650. The molecule has 270 valence electrons. The van der Waals surface area contributed by atoms with Gasteiger partial charge in [0.15, 0.2) is 0 Å². The molecular formula is C46H53N2O3Zn2-. The van der Waals surface area contributed by atoms with Crippen LogP contribution in [0.5, 0.6) is 5.75 Å². The fourth-order valence-electron chi connectivity index (χ4n) is 8.71. The number of likely N-dealkylation sites (tertiary alicyclic amines) is 2. The number of rotatable bonds is 10. The summed E-state index contributed by atoms with van der Waals surface area (Å²) in [5, 5.41) is 37.5. The smallest absolute Gasteiger partial charge is 0.130 e. The predicted molar refractivity (Wildman–Crippen MR) is 207 cm³/mol. The molecule has 2 atom stereocenters. The van der Waals surface area contributed by atoms with Crippen LogP contribution in [0.2, 0.25) is 0 Å². The molecule has 0 aliphatic carbocycles. The molecule has 7 heteroatoms. The zero-order valence-corrected chi connectivity index (χ0v) is 37.7. The molecule has 5 nitrogen and oxygen atoms in total. The molecule has 5 aromatic rings. The summed E-state index contributed by atoms with van der Waals surface area (Å²) in [7, 11) is 0. The van der Waals surface area contributed by atoms with E-state index in [1.54, 1.807) is 6.92 Å². The average Bonchev–Trinajstić information content (AvgIpc) is 3.87. The van der Waals surface area contributed by atoms with E-state index >= 15 is 0 Å². The van der Waals surface area contributed by atoms with Crippen molar-refractivity contribution in [2.45, 2.75) is 82.8 Å². The Kier molecular flexibility index (Phi) is 15.3. The molecule has 7 rings (SSSR count). The van der Waals surface area contributed by atoms with Crippen LogP contribution in [-0.4, -0.2) is 50.3 Å². The number of benzene rings is 5. The number of aryl methyl sites for hydroxylation is 2. The third kappa shape index (κ3) is 8.47. The number of nitrogens with zero attached hydrogens (tertiary/aromatic N) is 2. The van der Waals surface area contributed by atoms with Crippen molar-refractivity contribution in [3.8, 4) is 5.75 Å². The molecule has 0 radical (unpaired) electrons. The summed E-state index contributed by atoms with van der Waals surface area (Å²) in [5.74, 6) is 0.333. The second-order valence-electron chi connectivity index (χ2n) is 14.1. The van der Waals surface area contributed by atoms with Gasteiger partial charge in [-0.05, 0) is 86.0 Å². The van der Waals surface area contributed by atoms with Crippen LogP contribution >= 0.6 is 0 Å². The van der Waals surface area contributed by atoms with E-state index in [1.807, 2.05) is 121 Å². The van der Waals surface area contributed by atoms with Crippen molar-refractivity contribution in [1.29, 1.82) is 0 Å². The number of hydrogen-bond donors (Lipinski definition) is 3. The van der Waals surface area contributed by atoms with E-state index in [2.05, 4.69) is 36.6 Å². The quantitative estimate of drug-likeness (QED) is 0.0974. The monoisotopic (exact) mass is 809 g/mol. The Morgan fingerprint density at radius 3 is 1.11 bits per heavy atom. The van der Waals surface area contributed by atoms with Gasteiger partial charge in [0.1, 0.15) is 17.0 Å².